The van der Waals surface area contributed by atoms with Crippen molar-refractivity contribution in [2.24, 2.45) is 0 Å². The molecule has 90 valence electrons. The molecule has 0 saturated carbocycles. The topological polar surface area (TPSA) is 59.2 Å². The Hall–Kier alpha value is -1.68. The molecule has 17 heavy (non-hydrogen) atoms. The molecule has 0 amide bonds. The van der Waals surface area contributed by atoms with E-state index in [0.29, 0.717) is 24.6 Å². The summed E-state index contributed by atoms with van der Waals surface area (Å²) in [7, 11) is 0. The molecule has 4 nitrogen and oxygen atoms in total. The van der Waals surface area contributed by atoms with E-state index in [2.05, 4.69) is 10.1 Å². The minimum atomic E-state index is -0.343. The minimum Gasteiger partial charge on any atom is -0.393 e. The number of aliphatic hydroxyl groups is 1. The molecule has 0 spiro atoms. The van der Waals surface area contributed by atoms with Gasteiger partial charge in [-0.15, -0.1) is 0 Å². The molecule has 0 aliphatic carbocycles. The molecule has 0 aliphatic rings. The number of aryl methyl sites for hydroxylation is 2. The molecular weight excluding hydrogens is 216 g/mol. The van der Waals surface area contributed by atoms with Gasteiger partial charge in [-0.2, -0.15) is 4.98 Å². The van der Waals surface area contributed by atoms with Gasteiger partial charge in [0.1, 0.15) is 0 Å². The lowest BCUT2D eigenvalue weighted by Gasteiger charge is -1.98. The maximum absolute atomic E-state index is 9.18. The van der Waals surface area contributed by atoms with Crippen LogP contribution >= 0.6 is 0 Å². The first kappa shape index (κ1) is 11.8. The zero-order valence-corrected chi connectivity index (χ0v) is 10.1. The highest BCUT2D eigenvalue weighted by Gasteiger charge is 2.09. The Labute approximate surface area is 100 Å². The van der Waals surface area contributed by atoms with Crippen LogP contribution in [0.15, 0.2) is 28.8 Å². The predicted molar refractivity (Wildman–Crippen MR) is 64.5 cm³/mol. The van der Waals surface area contributed by atoms with Gasteiger partial charge in [0.25, 0.3) is 0 Å². The van der Waals surface area contributed by atoms with Crippen LogP contribution in [-0.2, 0) is 6.42 Å². The van der Waals surface area contributed by atoms with Crippen molar-refractivity contribution in [3.63, 3.8) is 0 Å². The van der Waals surface area contributed by atoms with Crippen LogP contribution in [0.2, 0.25) is 0 Å². The normalized spacial score (nSPS) is 12.6. The molecule has 0 aliphatic heterocycles. The van der Waals surface area contributed by atoms with Gasteiger partial charge in [0, 0.05) is 12.0 Å². The van der Waals surface area contributed by atoms with Crippen LogP contribution in [0.1, 0.15) is 24.8 Å². The summed E-state index contributed by atoms with van der Waals surface area (Å²) in [6.45, 7) is 3.78. The van der Waals surface area contributed by atoms with Crippen LogP contribution < -0.4 is 0 Å². The van der Waals surface area contributed by atoms with Gasteiger partial charge in [-0.3, -0.25) is 0 Å². The summed E-state index contributed by atoms with van der Waals surface area (Å²) in [5, 5.41) is 13.1. The van der Waals surface area contributed by atoms with Gasteiger partial charge in [0.15, 0.2) is 0 Å². The van der Waals surface area contributed by atoms with E-state index in [4.69, 9.17) is 4.52 Å². The van der Waals surface area contributed by atoms with Crippen LogP contribution in [0.25, 0.3) is 11.4 Å². The number of benzene rings is 1. The Bertz CT molecular complexity index is 474. The highest BCUT2D eigenvalue weighted by atomic mass is 16.5. The average molecular weight is 232 g/mol. The fourth-order valence-electron chi connectivity index (χ4n) is 1.51. The van der Waals surface area contributed by atoms with Crippen molar-refractivity contribution >= 4 is 0 Å². The van der Waals surface area contributed by atoms with Gasteiger partial charge in [0.05, 0.1) is 6.10 Å². The highest BCUT2D eigenvalue weighted by Crippen LogP contribution is 2.16. The number of hydrogen-bond donors (Lipinski definition) is 1. The lowest BCUT2D eigenvalue weighted by molar-refractivity contribution is 0.180. The van der Waals surface area contributed by atoms with E-state index in [1.807, 2.05) is 31.2 Å². The molecule has 1 heterocycles. The van der Waals surface area contributed by atoms with Crippen molar-refractivity contribution in [2.45, 2.75) is 32.8 Å². The molecule has 2 aromatic rings. The molecule has 1 atom stereocenters. The monoisotopic (exact) mass is 232 g/mol. The largest absolute Gasteiger partial charge is 0.393 e. The quantitative estimate of drug-likeness (QED) is 0.879. The summed E-state index contributed by atoms with van der Waals surface area (Å²) in [5.74, 6) is 1.17. The van der Waals surface area contributed by atoms with Crippen LogP contribution in [0.5, 0.6) is 0 Å². The second kappa shape index (κ2) is 5.10. The third-order valence-corrected chi connectivity index (χ3v) is 2.55. The number of hydrogen-bond acceptors (Lipinski definition) is 4. The third kappa shape index (κ3) is 3.14. The Morgan fingerprint density at radius 3 is 2.65 bits per heavy atom. The summed E-state index contributed by atoms with van der Waals surface area (Å²) in [4.78, 5) is 4.29. The third-order valence-electron chi connectivity index (χ3n) is 2.55. The molecule has 0 bridgehead atoms. The lowest BCUT2D eigenvalue weighted by atomic mass is 10.1. The average Bonchev–Trinajstić information content (AvgIpc) is 2.76. The summed E-state index contributed by atoms with van der Waals surface area (Å²) in [6, 6.07) is 7.97. The smallest absolute Gasteiger partial charge is 0.227 e. The first-order valence-corrected chi connectivity index (χ1v) is 5.73. The van der Waals surface area contributed by atoms with Crippen LogP contribution in [-0.4, -0.2) is 21.4 Å². The van der Waals surface area contributed by atoms with Crippen molar-refractivity contribution in [3.05, 3.63) is 35.7 Å². The SMILES string of the molecule is Cc1ccc(-c2noc(CCC(C)O)n2)cc1. The van der Waals surface area contributed by atoms with Gasteiger partial charge in [-0.05, 0) is 20.3 Å². The van der Waals surface area contributed by atoms with Crippen molar-refractivity contribution in [1.82, 2.24) is 10.1 Å². The van der Waals surface area contributed by atoms with Crippen LogP contribution in [0, 0.1) is 6.92 Å². The fraction of sp³-hybridized carbons (Fsp3) is 0.385. The first-order valence-electron chi connectivity index (χ1n) is 5.73. The Kier molecular flexibility index (Phi) is 3.54. The van der Waals surface area contributed by atoms with Gasteiger partial charge in [0.2, 0.25) is 11.7 Å². The molecule has 1 unspecified atom stereocenters. The van der Waals surface area contributed by atoms with Crippen molar-refractivity contribution in [3.8, 4) is 11.4 Å². The number of rotatable bonds is 4. The minimum absolute atomic E-state index is 0.343. The second-order valence-electron chi connectivity index (χ2n) is 4.27. The molecule has 0 fully saturated rings. The molecule has 1 aromatic carbocycles. The molecule has 2 rings (SSSR count). The molecule has 0 saturated heterocycles. The molecule has 1 aromatic heterocycles. The van der Waals surface area contributed by atoms with Crippen molar-refractivity contribution in [1.29, 1.82) is 0 Å². The van der Waals surface area contributed by atoms with Gasteiger partial charge >= 0.3 is 0 Å². The van der Waals surface area contributed by atoms with E-state index < -0.39 is 0 Å². The fourth-order valence-corrected chi connectivity index (χ4v) is 1.51. The van der Waals surface area contributed by atoms with E-state index in [9.17, 15) is 5.11 Å². The summed E-state index contributed by atoms with van der Waals surface area (Å²) >= 11 is 0. The van der Waals surface area contributed by atoms with Gasteiger partial charge in [-0.25, -0.2) is 0 Å². The summed E-state index contributed by atoms with van der Waals surface area (Å²) in [5.41, 5.74) is 2.15. The maximum atomic E-state index is 9.18. The Balaban J connectivity index is 2.10. The van der Waals surface area contributed by atoms with E-state index in [1.165, 1.54) is 5.56 Å². The van der Waals surface area contributed by atoms with Crippen LogP contribution in [0.4, 0.5) is 0 Å². The standard InChI is InChI=1S/C13H16N2O2/c1-9-3-6-11(7-4-9)13-14-12(17-15-13)8-5-10(2)16/h3-4,6-7,10,16H,5,8H2,1-2H3. The molecular formula is C13H16N2O2. The highest BCUT2D eigenvalue weighted by molar-refractivity contribution is 5.54. The Morgan fingerprint density at radius 2 is 2.00 bits per heavy atom. The lowest BCUT2D eigenvalue weighted by Crippen LogP contribution is -2.01. The number of aliphatic hydroxyl groups excluding tert-OH is 1. The number of aromatic nitrogens is 2. The summed E-state index contributed by atoms with van der Waals surface area (Å²) in [6.07, 6.45) is 0.899. The second-order valence-corrected chi connectivity index (χ2v) is 4.27. The van der Waals surface area contributed by atoms with E-state index in [1.54, 1.807) is 6.92 Å². The predicted octanol–water partition coefficient (Wildman–Crippen LogP) is 2.36. The molecule has 1 N–H and O–H groups in total. The van der Waals surface area contributed by atoms with Crippen LogP contribution in [0.3, 0.4) is 0 Å². The Morgan fingerprint density at radius 1 is 1.29 bits per heavy atom. The molecule has 4 heteroatoms. The van der Waals surface area contributed by atoms with E-state index in [0.717, 1.165) is 5.56 Å². The van der Waals surface area contributed by atoms with Crippen molar-refractivity contribution < 1.29 is 9.63 Å². The zero-order valence-electron chi connectivity index (χ0n) is 10.1. The maximum Gasteiger partial charge on any atom is 0.227 e. The molecule has 0 radical (unpaired) electrons. The van der Waals surface area contributed by atoms with E-state index >= 15 is 0 Å². The van der Waals surface area contributed by atoms with E-state index in [-0.39, 0.29) is 6.10 Å². The summed E-state index contributed by atoms with van der Waals surface area (Å²) < 4.78 is 5.13. The van der Waals surface area contributed by atoms with Gasteiger partial charge < -0.3 is 9.63 Å². The zero-order chi connectivity index (χ0) is 12.3. The first-order chi connectivity index (χ1) is 8.15. The van der Waals surface area contributed by atoms with Crippen molar-refractivity contribution in [2.75, 3.05) is 0 Å². The van der Waals surface area contributed by atoms with Gasteiger partial charge in [-0.1, -0.05) is 35.0 Å². The number of nitrogens with zero attached hydrogens (tertiary/aromatic N) is 2.